The van der Waals surface area contributed by atoms with Crippen LogP contribution in [0.1, 0.15) is 40.9 Å². The summed E-state index contributed by atoms with van der Waals surface area (Å²) >= 11 is 0. The summed E-state index contributed by atoms with van der Waals surface area (Å²) in [7, 11) is 0. The average molecular weight is 277 g/mol. The van der Waals surface area contributed by atoms with E-state index in [1.165, 1.54) is 0 Å². The molecule has 0 saturated heterocycles. The monoisotopic (exact) mass is 277 g/mol. The van der Waals surface area contributed by atoms with Gasteiger partial charge in [-0.25, -0.2) is 4.79 Å². The predicted molar refractivity (Wildman–Crippen MR) is 76.0 cm³/mol. The number of aliphatic hydroxyl groups is 2. The summed E-state index contributed by atoms with van der Waals surface area (Å²) in [5, 5.41) is 29.0. The molecule has 5 heteroatoms. The zero-order chi connectivity index (χ0) is 14.9. The minimum absolute atomic E-state index is 0.0396. The van der Waals surface area contributed by atoms with Crippen LogP contribution in [0.25, 0.3) is 10.9 Å². The van der Waals surface area contributed by atoms with Crippen LogP contribution >= 0.6 is 0 Å². The molecule has 0 bridgehead atoms. The number of aromatic carboxylic acids is 1. The van der Waals surface area contributed by atoms with Gasteiger partial charge < -0.3 is 19.9 Å². The third-order valence-corrected chi connectivity index (χ3v) is 3.50. The summed E-state index contributed by atoms with van der Waals surface area (Å²) in [4.78, 5) is 11.5. The van der Waals surface area contributed by atoms with E-state index in [9.17, 15) is 15.0 Å². The number of nitrogens with zero attached hydrogens (tertiary/aromatic N) is 1. The second-order valence-corrected chi connectivity index (χ2v) is 4.99. The quantitative estimate of drug-likeness (QED) is 0.781. The van der Waals surface area contributed by atoms with Gasteiger partial charge in [0.25, 0.3) is 0 Å². The number of rotatable bonds is 5. The van der Waals surface area contributed by atoms with Gasteiger partial charge in [0.05, 0.1) is 17.2 Å². The van der Waals surface area contributed by atoms with E-state index in [1.807, 2.05) is 10.6 Å². The molecule has 0 aliphatic heterocycles. The molecule has 1 heterocycles. The number of hydrogen-bond acceptors (Lipinski definition) is 3. The number of aromatic nitrogens is 1. The largest absolute Gasteiger partial charge is 0.478 e. The molecular weight excluding hydrogens is 258 g/mol. The van der Waals surface area contributed by atoms with Crippen LogP contribution in [0.5, 0.6) is 0 Å². The second kappa shape index (κ2) is 5.64. The topological polar surface area (TPSA) is 82.7 Å². The van der Waals surface area contributed by atoms with E-state index in [-0.39, 0.29) is 12.2 Å². The average Bonchev–Trinajstić information content (AvgIpc) is 2.74. The fraction of sp³-hybridized carbons (Fsp3) is 0.400. The summed E-state index contributed by atoms with van der Waals surface area (Å²) in [6.45, 7) is 3.97. The van der Waals surface area contributed by atoms with E-state index < -0.39 is 12.1 Å². The minimum Gasteiger partial charge on any atom is -0.478 e. The highest BCUT2D eigenvalue weighted by atomic mass is 16.4. The highest BCUT2D eigenvalue weighted by molar-refractivity contribution is 6.04. The van der Waals surface area contributed by atoms with Gasteiger partial charge in [0.15, 0.2) is 0 Å². The Balaban J connectivity index is 2.76. The maximum absolute atomic E-state index is 11.5. The van der Waals surface area contributed by atoms with Crippen LogP contribution < -0.4 is 0 Å². The first-order valence-corrected chi connectivity index (χ1v) is 6.62. The van der Waals surface area contributed by atoms with Gasteiger partial charge in [0.2, 0.25) is 0 Å². The first-order chi connectivity index (χ1) is 9.47. The van der Waals surface area contributed by atoms with Crippen molar-refractivity contribution in [3.8, 4) is 0 Å². The van der Waals surface area contributed by atoms with E-state index in [2.05, 4.69) is 0 Å². The SMILES string of the molecule is Cc1ccc2c(C(C)O)cn(CCCO)c2c1C(=O)O. The lowest BCUT2D eigenvalue weighted by molar-refractivity contribution is 0.0698. The Morgan fingerprint density at radius 3 is 2.65 bits per heavy atom. The first kappa shape index (κ1) is 14.6. The molecule has 0 fully saturated rings. The van der Waals surface area contributed by atoms with Crippen LogP contribution in [0.3, 0.4) is 0 Å². The molecule has 0 amide bonds. The maximum atomic E-state index is 11.5. The molecule has 3 N–H and O–H groups in total. The normalized spacial score (nSPS) is 12.8. The van der Waals surface area contributed by atoms with Gasteiger partial charge >= 0.3 is 5.97 Å². The van der Waals surface area contributed by atoms with Gasteiger partial charge in [-0.1, -0.05) is 12.1 Å². The molecule has 0 radical (unpaired) electrons. The zero-order valence-corrected chi connectivity index (χ0v) is 11.6. The molecule has 1 unspecified atom stereocenters. The van der Waals surface area contributed by atoms with Gasteiger partial charge in [0.1, 0.15) is 0 Å². The highest BCUT2D eigenvalue weighted by Gasteiger charge is 2.20. The first-order valence-electron chi connectivity index (χ1n) is 6.62. The number of aryl methyl sites for hydroxylation is 2. The van der Waals surface area contributed by atoms with Crippen molar-refractivity contribution in [3.05, 3.63) is 35.0 Å². The Kier molecular flexibility index (Phi) is 4.11. The number of carbonyl (C=O) groups is 1. The summed E-state index contributed by atoms with van der Waals surface area (Å²) in [5.74, 6) is -0.978. The summed E-state index contributed by atoms with van der Waals surface area (Å²) in [6, 6.07) is 3.60. The van der Waals surface area contributed by atoms with Crippen LogP contribution in [-0.2, 0) is 6.54 Å². The molecule has 20 heavy (non-hydrogen) atoms. The van der Waals surface area contributed by atoms with Crippen LogP contribution in [-0.4, -0.2) is 32.5 Å². The number of benzene rings is 1. The lowest BCUT2D eigenvalue weighted by Gasteiger charge is -2.09. The van der Waals surface area contributed by atoms with E-state index in [0.29, 0.717) is 29.6 Å². The molecule has 1 aromatic heterocycles. The molecule has 1 atom stereocenters. The number of carboxylic acids is 1. The summed E-state index contributed by atoms with van der Waals surface area (Å²) in [5.41, 5.74) is 2.26. The standard InChI is InChI=1S/C15H19NO4/c1-9-4-5-11-12(10(2)18)8-16(6-3-7-17)14(11)13(9)15(19)20/h4-5,8,10,17-18H,3,6-7H2,1-2H3,(H,19,20). The number of aliphatic hydroxyl groups excluding tert-OH is 2. The third kappa shape index (κ3) is 2.42. The molecule has 0 aliphatic carbocycles. The molecule has 1 aromatic carbocycles. The highest BCUT2D eigenvalue weighted by Crippen LogP contribution is 2.31. The van der Waals surface area contributed by atoms with Crippen molar-refractivity contribution < 1.29 is 20.1 Å². The van der Waals surface area contributed by atoms with Crippen molar-refractivity contribution in [2.24, 2.45) is 0 Å². The van der Waals surface area contributed by atoms with Gasteiger partial charge in [-0.15, -0.1) is 0 Å². The van der Waals surface area contributed by atoms with E-state index in [0.717, 1.165) is 5.39 Å². The van der Waals surface area contributed by atoms with Crippen molar-refractivity contribution >= 4 is 16.9 Å². The number of fused-ring (bicyclic) bond motifs is 1. The predicted octanol–water partition coefficient (Wildman–Crippen LogP) is 2.08. The lowest BCUT2D eigenvalue weighted by Crippen LogP contribution is -2.06. The van der Waals surface area contributed by atoms with Crippen molar-refractivity contribution in [3.63, 3.8) is 0 Å². The second-order valence-electron chi connectivity index (χ2n) is 4.99. The van der Waals surface area contributed by atoms with Crippen LogP contribution in [0.4, 0.5) is 0 Å². The third-order valence-electron chi connectivity index (χ3n) is 3.50. The van der Waals surface area contributed by atoms with Gasteiger partial charge in [-0.05, 0) is 25.8 Å². The minimum atomic E-state index is -0.978. The van der Waals surface area contributed by atoms with Gasteiger partial charge in [0, 0.05) is 30.3 Å². The van der Waals surface area contributed by atoms with Crippen molar-refractivity contribution in [2.45, 2.75) is 32.9 Å². The smallest absolute Gasteiger partial charge is 0.338 e. The number of hydrogen-bond donors (Lipinski definition) is 3. The summed E-state index contributed by atoms with van der Waals surface area (Å²) in [6.07, 6.45) is 1.64. The zero-order valence-electron chi connectivity index (χ0n) is 11.6. The van der Waals surface area contributed by atoms with Crippen molar-refractivity contribution in [1.82, 2.24) is 4.57 Å². The Hall–Kier alpha value is -1.85. The molecule has 0 saturated carbocycles. The lowest BCUT2D eigenvalue weighted by atomic mass is 10.0. The summed E-state index contributed by atoms with van der Waals surface area (Å²) < 4.78 is 1.81. The van der Waals surface area contributed by atoms with Gasteiger partial charge in [-0.2, -0.15) is 0 Å². The van der Waals surface area contributed by atoms with Crippen LogP contribution in [0, 0.1) is 6.92 Å². The van der Waals surface area contributed by atoms with Crippen molar-refractivity contribution in [2.75, 3.05) is 6.61 Å². The molecule has 0 spiro atoms. The van der Waals surface area contributed by atoms with E-state index in [4.69, 9.17) is 5.11 Å². The maximum Gasteiger partial charge on any atom is 0.338 e. The molecule has 108 valence electrons. The Morgan fingerprint density at radius 2 is 2.10 bits per heavy atom. The molecular formula is C15H19NO4. The molecule has 2 rings (SSSR count). The number of carboxylic acid groups (broad SMARTS) is 1. The van der Waals surface area contributed by atoms with Gasteiger partial charge in [-0.3, -0.25) is 0 Å². The van der Waals surface area contributed by atoms with E-state index in [1.54, 1.807) is 26.1 Å². The Bertz CT molecular complexity index is 643. The molecule has 5 nitrogen and oxygen atoms in total. The fourth-order valence-corrected chi connectivity index (χ4v) is 2.55. The molecule has 0 aliphatic rings. The molecule has 2 aromatic rings. The fourth-order valence-electron chi connectivity index (χ4n) is 2.55. The Labute approximate surface area is 117 Å². The Morgan fingerprint density at radius 1 is 1.40 bits per heavy atom. The van der Waals surface area contributed by atoms with E-state index >= 15 is 0 Å². The van der Waals surface area contributed by atoms with Crippen LogP contribution in [0.15, 0.2) is 18.3 Å². The van der Waals surface area contributed by atoms with Crippen molar-refractivity contribution in [1.29, 1.82) is 0 Å². The van der Waals surface area contributed by atoms with Crippen LogP contribution in [0.2, 0.25) is 0 Å².